The van der Waals surface area contributed by atoms with Gasteiger partial charge in [0.25, 0.3) is 6.43 Å². The van der Waals surface area contributed by atoms with Gasteiger partial charge in [-0.1, -0.05) is 12.8 Å². The smallest absolute Gasteiger partial charge is 0.434 e. The molecule has 1 aromatic rings. The first kappa shape index (κ1) is 21.6. The maximum atomic E-state index is 13.6. The van der Waals surface area contributed by atoms with Crippen LogP contribution in [0.25, 0.3) is 4.48 Å². The highest BCUT2D eigenvalue weighted by atomic mass is 79.9. The maximum absolute atomic E-state index is 13.6. The molecule has 1 saturated carbocycles. The van der Waals surface area contributed by atoms with E-state index in [0.29, 0.717) is 12.3 Å². The Kier molecular flexibility index (Phi) is 6.82. The molecule has 0 N–H and O–H groups in total. The number of esters is 1. The van der Waals surface area contributed by atoms with Gasteiger partial charge in [0, 0.05) is 5.56 Å². The van der Waals surface area contributed by atoms with Crippen molar-refractivity contribution in [2.24, 2.45) is 5.92 Å². The van der Waals surface area contributed by atoms with Gasteiger partial charge in [0.15, 0.2) is 5.69 Å². The number of carbonyl (C=O) groups is 1. The molecule has 1 aromatic heterocycles. The monoisotopic (exact) mass is 457 g/mol. The van der Waals surface area contributed by atoms with Crippen LogP contribution < -0.4 is 0 Å². The highest BCUT2D eigenvalue weighted by Gasteiger charge is 2.41. The summed E-state index contributed by atoms with van der Waals surface area (Å²) < 4.78 is 76.9. The molecule has 1 heterocycles. The summed E-state index contributed by atoms with van der Waals surface area (Å²) in [4.78, 5) is 15.3. The van der Waals surface area contributed by atoms with Crippen molar-refractivity contribution in [2.45, 2.75) is 38.3 Å². The lowest BCUT2D eigenvalue weighted by Crippen LogP contribution is -2.21. The Balaban J connectivity index is 2.85. The van der Waals surface area contributed by atoms with E-state index in [0.717, 1.165) is 26.2 Å². The van der Waals surface area contributed by atoms with Crippen LogP contribution in [0.15, 0.2) is 6.26 Å². The highest BCUT2D eigenvalue weighted by molar-refractivity contribution is 9.15. The van der Waals surface area contributed by atoms with E-state index in [9.17, 15) is 26.7 Å². The number of rotatable bonds is 7. The second-order valence-electron chi connectivity index (χ2n) is 6.05. The molecular weight excluding hydrogens is 441 g/mol. The van der Waals surface area contributed by atoms with Crippen LogP contribution in [0.5, 0.6) is 0 Å². The van der Waals surface area contributed by atoms with Gasteiger partial charge >= 0.3 is 12.1 Å². The van der Waals surface area contributed by atoms with Crippen molar-refractivity contribution >= 4 is 26.4 Å². The van der Waals surface area contributed by atoms with Gasteiger partial charge in [0.05, 0.1) is 30.5 Å². The minimum atomic E-state index is -5.01. The molecule has 4 nitrogen and oxygen atoms in total. The third-order valence-corrected chi connectivity index (χ3v) is 4.74. The SMILES string of the molecule is COC=C(Br)c1c(C(F)(F)F)nc(C(F)F)c(C(=O)OC)c1CCC1CC1. The summed E-state index contributed by atoms with van der Waals surface area (Å²) in [6, 6.07) is 0. The molecule has 0 radical (unpaired) electrons. The molecule has 0 amide bonds. The first-order chi connectivity index (χ1) is 12.6. The Labute approximate surface area is 160 Å². The molecule has 0 aromatic carbocycles. The minimum absolute atomic E-state index is 0.00239. The predicted molar refractivity (Wildman–Crippen MR) is 90.5 cm³/mol. The van der Waals surface area contributed by atoms with Crippen LogP contribution >= 0.6 is 15.9 Å². The zero-order chi connectivity index (χ0) is 20.4. The summed E-state index contributed by atoms with van der Waals surface area (Å²) >= 11 is 2.99. The van der Waals surface area contributed by atoms with Gasteiger partial charge in [-0.25, -0.2) is 18.6 Å². The average molecular weight is 458 g/mol. The number of nitrogens with zero attached hydrogens (tertiary/aromatic N) is 1. The Morgan fingerprint density at radius 3 is 2.37 bits per heavy atom. The molecule has 150 valence electrons. The van der Waals surface area contributed by atoms with E-state index in [4.69, 9.17) is 4.74 Å². The molecule has 1 aliphatic rings. The number of halogens is 6. The second-order valence-corrected chi connectivity index (χ2v) is 6.90. The highest BCUT2D eigenvalue weighted by Crippen LogP contribution is 2.43. The van der Waals surface area contributed by atoms with E-state index in [1.54, 1.807) is 0 Å². The zero-order valence-corrected chi connectivity index (χ0v) is 16.1. The fourth-order valence-corrected chi connectivity index (χ4v) is 3.39. The lowest BCUT2D eigenvalue weighted by Gasteiger charge is -2.21. The molecule has 27 heavy (non-hydrogen) atoms. The molecule has 2 rings (SSSR count). The summed E-state index contributed by atoms with van der Waals surface area (Å²) in [6.45, 7) is 0. The van der Waals surface area contributed by atoms with Gasteiger partial charge in [-0.2, -0.15) is 13.2 Å². The van der Waals surface area contributed by atoms with Gasteiger partial charge in [-0.05, 0) is 40.3 Å². The third kappa shape index (κ3) is 4.97. The van der Waals surface area contributed by atoms with Crippen molar-refractivity contribution in [2.75, 3.05) is 14.2 Å². The Bertz CT molecular complexity index is 745. The molecule has 0 atom stereocenters. The molecule has 10 heteroatoms. The quantitative estimate of drug-likeness (QED) is 0.307. The van der Waals surface area contributed by atoms with E-state index in [1.165, 1.54) is 7.11 Å². The van der Waals surface area contributed by atoms with Crippen LogP contribution in [0.1, 0.15) is 58.6 Å². The topological polar surface area (TPSA) is 48.4 Å². The van der Waals surface area contributed by atoms with Crippen molar-refractivity contribution in [3.8, 4) is 0 Å². The average Bonchev–Trinajstić information content (AvgIpc) is 3.41. The van der Waals surface area contributed by atoms with Crippen LogP contribution in [0, 0.1) is 5.92 Å². The number of aromatic nitrogens is 1. The number of alkyl halides is 5. The van der Waals surface area contributed by atoms with Gasteiger partial charge < -0.3 is 9.47 Å². The number of methoxy groups -OCH3 is 2. The molecule has 0 spiro atoms. The standard InChI is InChI=1S/C17H17BrF5NO3/c1-26-7-10(18)11-9(6-5-8-3-4-8)12(16(25)27-2)13(15(19)20)24-14(11)17(21,22)23/h7-8,15H,3-6H2,1-2H3. The van der Waals surface area contributed by atoms with Gasteiger partial charge in [0.2, 0.25) is 0 Å². The maximum Gasteiger partial charge on any atom is 0.434 e. The molecule has 1 aliphatic carbocycles. The van der Waals surface area contributed by atoms with E-state index in [1.807, 2.05) is 0 Å². The third-order valence-electron chi connectivity index (χ3n) is 4.15. The Morgan fingerprint density at radius 2 is 1.93 bits per heavy atom. The van der Waals surface area contributed by atoms with Crippen molar-refractivity contribution in [3.05, 3.63) is 34.3 Å². The van der Waals surface area contributed by atoms with E-state index < -0.39 is 41.1 Å². The molecule has 0 aliphatic heterocycles. The predicted octanol–water partition coefficient (Wildman–Crippen LogP) is 5.51. The minimum Gasteiger partial charge on any atom is -0.503 e. The van der Waals surface area contributed by atoms with E-state index >= 15 is 0 Å². The molecule has 1 fully saturated rings. The van der Waals surface area contributed by atoms with Crippen LogP contribution in [-0.4, -0.2) is 25.2 Å². The fourth-order valence-electron chi connectivity index (χ4n) is 2.77. The van der Waals surface area contributed by atoms with Crippen LogP contribution in [-0.2, 0) is 22.1 Å². The van der Waals surface area contributed by atoms with E-state index in [-0.39, 0.29) is 16.5 Å². The van der Waals surface area contributed by atoms with Crippen molar-refractivity contribution in [1.82, 2.24) is 4.98 Å². The second kappa shape index (κ2) is 8.53. The summed E-state index contributed by atoms with van der Waals surface area (Å²) in [7, 11) is 2.19. The Morgan fingerprint density at radius 1 is 1.30 bits per heavy atom. The number of pyridine rings is 1. The van der Waals surface area contributed by atoms with Gasteiger partial charge in [-0.3, -0.25) is 0 Å². The van der Waals surface area contributed by atoms with Crippen molar-refractivity contribution < 1.29 is 36.2 Å². The van der Waals surface area contributed by atoms with Crippen molar-refractivity contribution in [3.63, 3.8) is 0 Å². The summed E-state index contributed by atoms with van der Waals surface area (Å²) in [5.41, 5.74) is -4.03. The lowest BCUT2D eigenvalue weighted by molar-refractivity contribution is -0.141. The summed E-state index contributed by atoms with van der Waals surface area (Å²) in [5, 5.41) is 0. The number of ether oxygens (including phenoxy) is 2. The molecular formula is C17H17BrF5NO3. The first-order valence-corrected chi connectivity index (χ1v) is 8.80. The zero-order valence-electron chi connectivity index (χ0n) is 14.5. The molecule has 0 bridgehead atoms. The normalized spacial score (nSPS) is 15.2. The van der Waals surface area contributed by atoms with Crippen molar-refractivity contribution in [1.29, 1.82) is 0 Å². The van der Waals surface area contributed by atoms with E-state index in [2.05, 4.69) is 25.7 Å². The number of carbonyl (C=O) groups excluding carboxylic acids is 1. The number of hydrogen-bond acceptors (Lipinski definition) is 4. The molecule has 0 unspecified atom stereocenters. The lowest BCUT2D eigenvalue weighted by atomic mass is 9.93. The Hall–Kier alpha value is -1.71. The summed E-state index contributed by atoms with van der Waals surface area (Å²) in [5.74, 6) is -0.859. The fraction of sp³-hybridized carbons (Fsp3) is 0.529. The van der Waals surface area contributed by atoms with Gasteiger partial charge in [0.1, 0.15) is 5.69 Å². The van der Waals surface area contributed by atoms with Crippen LogP contribution in [0.3, 0.4) is 0 Å². The number of hydrogen-bond donors (Lipinski definition) is 0. The van der Waals surface area contributed by atoms with Crippen LogP contribution in [0.4, 0.5) is 22.0 Å². The molecule has 0 saturated heterocycles. The van der Waals surface area contributed by atoms with Crippen LogP contribution in [0.2, 0.25) is 0 Å². The largest absolute Gasteiger partial charge is 0.503 e. The van der Waals surface area contributed by atoms with Gasteiger partial charge in [-0.15, -0.1) is 0 Å². The summed E-state index contributed by atoms with van der Waals surface area (Å²) in [6.07, 6.45) is -5.11. The first-order valence-electron chi connectivity index (χ1n) is 8.01.